The molecule has 0 atom stereocenters. The van der Waals surface area contributed by atoms with Gasteiger partial charge in [-0.05, 0) is 115 Å². The summed E-state index contributed by atoms with van der Waals surface area (Å²) in [6.07, 6.45) is 10.8. The summed E-state index contributed by atoms with van der Waals surface area (Å²) in [4.78, 5) is 133. The Morgan fingerprint density at radius 3 is 1.37 bits per heavy atom. The fraction of sp³-hybridized carbons (Fsp3) is 0.262. The van der Waals surface area contributed by atoms with E-state index < -0.39 is 34.0 Å². The van der Waals surface area contributed by atoms with Gasteiger partial charge in [0.15, 0.2) is 40.3 Å². The molecule has 92 heavy (non-hydrogen) atoms. The van der Waals surface area contributed by atoms with E-state index in [-0.39, 0.29) is 96.3 Å². The minimum absolute atomic E-state index is 0. The number of methoxy groups -OCH3 is 2. The maximum atomic E-state index is 12.9. The number of carbonyl (C=O) groups is 3. The highest BCUT2D eigenvalue weighted by Gasteiger charge is 2.23. The maximum absolute atomic E-state index is 12.9. The van der Waals surface area contributed by atoms with E-state index in [0.717, 1.165) is 41.5 Å². The fourth-order valence-corrected chi connectivity index (χ4v) is 7.81. The number of carbonyl (C=O) groups excluding carboxylic acids is 9. The van der Waals surface area contributed by atoms with Crippen molar-refractivity contribution < 1.29 is 85.6 Å². The number of hydrogen-bond donors (Lipinski definition) is 5. The zero-order chi connectivity index (χ0) is 67.6. The highest BCUT2D eigenvalue weighted by Crippen LogP contribution is 2.23. The molecule has 27 heteroatoms. The van der Waals surface area contributed by atoms with Gasteiger partial charge in [0.25, 0.3) is 28.1 Å². The number of halogens is 2. The van der Waals surface area contributed by atoms with Crippen molar-refractivity contribution in [1.82, 2.24) is 24.0 Å². The van der Waals surface area contributed by atoms with Crippen molar-refractivity contribution >= 4 is 35.9 Å². The molecule has 0 spiro atoms. The number of aromatic hydroxyl groups is 2. The Bertz CT molecular complexity index is 4050. The Kier molecular flexibility index (Phi) is 36.2. The molecule has 9 rings (SSSR count). The van der Waals surface area contributed by atoms with Crippen LogP contribution in [-0.4, -0.2) is 90.7 Å². The average Bonchev–Trinajstić information content (AvgIpc) is 1.48. The molecule has 5 N–H and O–H groups in total. The summed E-state index contributed by atoms with van der Waals surface area (Å²) in [6, 6.07) is 24.8. The molecule has 6 aromatic heterocycles. The van der Waals surface area contributed by atoms with E-state index >= 15 is 0 Å². The lowest BCUT2D eigenvalue weighted by Gasteiger charge is -2.14. The van der Waals surface area contributed by atoms with Gasteiger partial charge in [-0.25, -0.2) is 8.78 Å². The molecule has 1 aliphatic rings. The molecule has 25 nitrogen and oxygen atoms in total. The number of nitrogens with zero attached hydrogens (tertiary/aromatic N) is 3. The molecular weight excluding hydrogens is 1210 g/mol. The molecule has 0 aliphatic carbocycles. The van der Waals surface area contributed by atoms with Crippen LogP contribution in [0.1, 0.15) is 114 Å². The van der Waals surface area contributed by atoms with E-state index in [1.54, 1.807) is 68.8 Å². The van der Waals surface area contributed by atoms with E-state index in [9.17, 15) is 47.4 Å². The van der Waals surface area contributed by atoms with Crippen LogP contribution in [0.5, 0.6) is 23.0 Å². The number of benzene rings is 2. The third-order valence-corrected chi connectivity index (χ3v) is 12.5. The second kappa shape index (κ2) is 41.5. The number of ketones is 2. The van der Waals surface area contributed by atoms with Crippen LogP contribution in [0.25, 0.3) is 0 Å². The number of aromatic amines is 1. The SMILES string of the molecule is C.C.CCC1=C(O)C(=O)NCC1.CCc1cc[nH]c(=O)c1O.CCc1ccn(C)c(=O)c1OC.COc1c(C(=O)c2ccc(Cc3ccc(F)cc3)o2)ccn(C)c1=O.Cn1ccc(C(=O)c2ccc(Cc3ccc(F)cc3)o2)c(O)c1=O.O=C=O.O=C=O.O=C=O. The first-order valence-electron chi connectivity index (χ1n) is 26.6. The lowest BCUT2D eigenvalue weighted by Crippen LogP contribution is -2.31. The van der Waals surface area contributed by atoms with Crippen LogP contribution in [0.15, 0.2) is 161 Å². The number of aliphatic hydroxyl groups excluding tert-OH is 1. The van der Waals surface area contributed by atoms with Crippen LogP contribution in [-0.2, 0) is 80.4 Å². The number of amides is 1. The van der Waals surface area contributed by atoms with Crippen molar-refractivity contribution in [3.63, 3.8) is 0 Å². The third-order valence-electron chi connectivity index (χ3n) is 12.5. The van der Waals surface area contributed by atoms with Crippen LogP contribution in [0.3, 0.4) is 0 Å². The molecule has 0 fully saturated rings. The Balaban J connectivity index is 0.00000113. The van der Waals surface area contributed by atoms with E-state index in [4.69, 9.17) is 57.3 Å². The highest BCUT2D eigenvalue weighted by molar-refractivity contribution is 6.09. The number of furan rings is 2. The van der Waals surface area contributed by atoms with Crippen molar-refractivity contribution in [3.05, 3.63) is 243 Å². The topological polar surface area (TPSA) is 370 Å². The summed E-state index contributed by atoms with van der Waals surface area (Å²) in [6.45, 7) is 6.47. The van der Waals surface area contributed by atoms with Gasteiger partial charge in [0.1, 0.15) is 23.2 Å². The summed E-state index contributed by atoms with van der Waals surface area (Å²) in [5.41, 5.74) is 2.70. The first-order chi connectivity index (χ1) is 42.9. The molecule has 2 aromatic carbocycles. The lowest BCUT2D eigenvalue weighted by molar-refractivity contribution is -0.193. The lowest BCUT2D eigenvalue weighted by atomic mass is 10.1. The van der Waals surface area contributed by atoms with Gasteiger partial charge in [0.05, 0.1) is 25.3 Å². The van der Waals surface area contributed by atoms with Gasteiger partial charge in [-0.15, -0.1) is 0 Å². The summed E-state index contributed by atoms with van der Waals surface area (Å²) in [7, 11) is 7.63. The van der Waals surface area contributed by atoms with Gasteiger partial charge >= 0.3 is 18.5 Å². The quantitative estimate of drug-likeness (QED) is 0.0700. The van der Waals surface area contributed by atoms with Crippen LogP contribution < -0.4 is 37.0 Å². The van der Waals surface area contributed by atoms with Crippen molar-refractivity contribution in [2.45, 2.75) is 74.1 Å². The van der Waals surface area contributed by atoms with Gasteiger partial charge < -0.3 is 57.6 Å². The van der Waals surface area contributed by atoms with Crippen LogP contribution in [0, 0.1) is 11.6 Å². The van der Waals surface area contributed by atoms with Gasteiger partial charge in [0.2, 0.25) is 11.6 Å². The van der Waals surface area contributed by atoms with Crippen molar-refractivity contribution in [1.29, 1.82) is 0 Å². The molecule has 0 radical (unpaired) electrons. The van der Waals surface area contributed by atoms with Crippen molar-refractivity contribution in [2.75, 3.05) is 20.8 Å². The molecule has 8 aromatic rings. The van der Waals surface area contributed by atoms with E-state index in [1.807, 2.05) is 26.8 Å². The monoisotopic (exact) mass is 1280 g/mol. The third kappa shape index (κ3) is 24.1. The summed E-state index contributed by atoms with van der Waals surface area (Å²) < 4.78 is 51.1. The number of ether oxygens (including phenoxy) is 2. The number of nitrogens with one attached hydrogen (secondary N) is 2. The standard InChI is InChI=1S/C19H16FNO4.C18H14FNO4.C9H13NO2.C7H11NO2.C7H9NO2.3CO2.2CH4/c1-21-10-9-15(18(24-2)19(21)23)17(22)16-8-7-14(25-16)11-12-3-5-13(20)6-4-12;1-20-9-8-14(17(22)18(20)23)16(21)15-7-6-13(24-15)10-11-2-4-12(19)5-3-11;1-4-7-5-6-10(2)9(11)8(7)12-3;2*1-2-5-3-4-8-7(10)6(5)9;3*2-1-3;;/h3-10H,11H2,1-2H3;2-9,22H,10H2,1H3;5-6H,4H2,1-3H3;9H,2-4H2,1H3,(H,8,10);3-4,9H,2H2,1H3,(H,8,10);;;;2*1H4. The molecule has 0 saturated carbocycles. The molecule has 1 aliphatic heterocycles. The first-order valence-corrected chi connectivity index (χ1v) is 26.6. The Morgan fingerprint density at radius 1 is 0.543 bits per heavy atom. The Morgan fingerprint density at radius 2 is 0.957 bits per heavy atom. The number of H-pyrrole nitrogens is 1. The second-order valence-electron chi connectivity index (χ2n) is 18.2. The summed E-state index contributed by atoms with van der Waals surface area (Å²) in [5.74, 6) is -1.15. The van der Waals surface area contributed by atoms with Gasteiger partial charge in [0, 0.05) is 76.4 Å². The molecule has 0 saturated heterocycles. The zero-order valence-electron chi connectivity index (χ0n) is 49.9. The molecular formula is C65H71F2N5O20. The van der Waals surface area contributed by atoms with Crippen molar-refractivity contribution in [2.24, 2.45) is 21.1 Å². The van der Waals surface area contributed by atoms with Gasteiger partial charge in [-0.2, -0.15) is 28.8 Å². The average molecular weight is 1280 g/mol. The highest BCUT2D eigenvalue weighted by atomic mass is 19.1. The van der Waals surface area contributed by atoms with E-state index in [2.05, 4.69) is 10.3 Å². The molecule has 1 amide bonds. The number of pyridine rings is 4. The smallest absolute Gasteiger partial charge is 0.373 e. The number of aryl methyl sites for hydroxylation is 5. The van der Waals surface area contributed by atoms with Gasteiger partial charge in [-0.1, -0.05) is 59.9 Å². The normalized spacial score (nSPS) is 10.4. The summed E-state index contributed by atoms with van der Waals surface area (Å²) >= 11 is 0. The minimum atomic E-state index is -0.654. The fourth-order valence-electron chi connectivity index (χ4n) is 7.81. The number of aliphatic hydroxyl groups is 1. The first kappa shape index (κ1) is 80.3. The zero-order valence-corrected chi connectivity index (χ0v) is 49.9. The molecule has 0 unspecified atom stereocenters. The second-order valence-corrected chi connectivity index (χ2v) is 18.2. The molecule has 490 valence electrons. The molecule has 7 heterocycles. The van der Waals surface area contributed by atoms with E-state index in [0.29, 0.717) is 48.6 Å². The molecule has 0 bridgehead atoms. The number of hydrogen-bond acceptors (Lipinski definition) is 20. The van der Waals surface area contributed by atoms with Crippen LogP contribution in [0.4, 0.5) is 8.78 Å². The van der Waals surface area contributed by atoms with Gasteiger partial charge in [-0.3, -0.25) is 33.6 Å². The maximum Gasteiger partial charge on any atom is 0.373 e. The largest absolute Gasteiger partial charge is 0.503 e. The Labute approximate surface area is 525 Å². The van der Waals surface area contributed by atoms with Crippen LogP contribution >= 0.6 is 0 Å². The Hall–Kier alpha value is -11.7. The van der Waals surface area contributed by atoms with E-state index in [1.165, 1.54) is 96.0 Å². The number of rotatable bonds is 13. The minimum Gasteiger partial charge on any atom is -0.503 e. The predicted octanol–water partition coefficient (Wildman–Crippen LogP) is 7.44. The van der Waals surface area contributed by atoms with Crippen molar-refractivity contribution in [3.8, 4) is 23.0 Å². The number of aromatic nitrogens is 4. The predicted molar refractivity (Wildman–Crippen MR) is 326 cm³/mol. The summed E-state index contributed by atoms with van der Waals surface area (Å²) in [5, 5.41) is 30.6. The van der Waals surface area contributed by atoms with Crippen LogP contribution in [0.2, 0.25) is 0 Å².